The van der Waals surface area contributed by atoms with E-state index in [0.29, 0.717) is 17.8 Å². The highest BCUT2D eigenvalue weighted by atomic mass is 16.2. The van der Waals surface area contributed by atoms with Gasteiger partial charge in [0, 0.05) is 17.8 Å². The third-order valence-corrected chi connectivity index (χ3v) is 2.74. The Balaban J connectivity index is 2.16. The fraction of sp³-hybridized carbons (Fsp3) is 0.231. The van der Waals surface area contributed by atoms with Gasteiger partial charge in [0.2, 0.25) is 5.91 Å². The number of rotatable bonds is 4. The number of aryl methyl sites for hydroxylation is 1. The van der Waals surface area contributed by atoms with Crippen LogP contribution in [-0.2, 0) is 4.79 Å². The van der Waals surface area contributed by atoms with Crippen LogP contribution in [0.2, 0.25) is 0 Å². The maximum absolute atomic E-state index is 11.9. The molecule has 2 amide bonds. The minimum absolute atomic E-state index is 0.0809. The molecular formula is C13H15N5O2. The molecular weight excluding hydrogens is 258 g/mol. The third kappa shape index (κ3) is 3.19. The summed E-state index contributed by atoms with van der Waals surface area (Å²) in [5.74, 6) is -0.441. The van der Waals surface area contributed by atoms with E-state index in [4.69, 9.17) is 0 Å². The van der Waals surface area contributed by atoms with Crippen LogP contribution in [0.4, 0.5) is 11.4 Å². The van der Waals surface area contributed by atoms with Crippen molar-refractivity contribution in [2.75, 3.05) is 10.6 Å². The number of hydrogen-bond donors (Lipinski definition) is 3. The highest BCUT2D eigenvalue weighted by Gasteiger charge is 2.11. The molecule has 1 aromatic heterocycles. The zero-order valence-corrected chi connectivity index (χ0v) is 11.2. The van der Waals surface area contributed by atoms with Crippen molar-refractivity contribution in [3.63, 3.8) is 0 Å². The number of amides is 2. The van der Waals surface area contributed by atoms with Gasteiger partial charge in [-0.1, -0.05) is 13.0 Å². The molecule has 3 N–H and O–H groups in total. The van der Waals surface area contributed by atoms with Crippen molar-refractivity contribution >= 4 is 23.2 Å². The minimum Gasteiger partial charge on any atom is -0.326 e. The molecule has 0 saturated carbocycles. The molecule has 1 heterocycles. The minimum atomic E-state index is -0.360. The molecule has 20 heavy (non-hydrogen) atoms. The first-order chi connectivity index (χ1) is 9.60. The molecule has 0 aliphatic carbocycles. The standard InChI is InChI=1S/C13H15N5O2/c1-3-12(19)15-9-5-4-8(2)10(6-9)16-13(20)11-7-14-18-17-11/h4-7H,3H2,1-2H3,(H,15,19)(H,16,20)(H,14,17,18). The second-order valence-electron chi connectivity index (χ2n) is 4.24. The Bertz CT molecular complexity index is 622. The topological polar surface area (TPSA) is 99.8 Å². The zero-order chi connectivity index (χ0) is 14.5. The van der Waals surface area contributed by atoms with Gasteiger partial charge in [-0.15, -0.1) is 0 Å². The summed E-state index contributed by atoms with van der Waals surface area (Å²) in [6, 6.07) is 5.32. The molecule has 0 radical (unpaired) electrons. The maximum Gasteiger partial charge on any atom is 0.277 e. The van der Waals surface area contributed by atoms with E-state index in [1.165, 1.54) is 6.20 Å². The number of benzene rings is 1. The van der Waals surface area contributed by atoms with E-state index in [9.17, 15) is 9.59 Å². The Hall–Kier alpha value is -2.70. The van der Waals surface area contributed by atoms with Gasteiger partial charge >= 0.3 is 0 Å². The van der Waals surface area contributed by atoms with Gasteiger partial charge in [0.05, 0.1) is 6.20 Å². The number of aromatic nitrogens is 3. The van der Waals surface area contributed by atoms with E-state index < -0.39 is 0 Å². The highest BCUT2D eigenvalue weighted by molar-refractivity contribution is 6.03. The summed E-state index contributed by atoms with van der Waals surface area (Å²) in [6.07, 6.45) is 1.74. The number of carbonyl (C=O) groups excluding carboxylic acids is 2. The Morgan fingerprint density at radius 3 is 2.75 bits per heavy atom. The zero-order valence-electron chi connectivity index (χ0n) is 11.2. The fourth-order valence-electron chi connectivity index (χ4n) is 1.58. The van der Waals surface area contributed by atoms with Gasteiger partial charge in [0.15, 0.2) is 5.69 Å². The Kier molecular flexibility index (Phi) is 4.09. The molecule has 0 fully saturated rings. The molecule has 1 aromatic carbocycles. The monoisotopic (exact) mass is 273 g/mol. The van der Waals surface area contributed by atoms with Crippen LogP contribution in [-0.4, -0.2) is 27.2 Å². The second-order valence-corrected chi connectivity index (χ2v) is 4.24. The summed E-state index contributed by atoms with van der Waals surface area (Å²) < 4.78 is 0. The molecule has 104 valence electrons. The number of hydrogen-bond acceptors (Lipinski definition) is 4. The summed E-state index contributed by atoms with van der Waals surface area (Å²) >= 11 is 0. The van der Waals surface area contributed by atoms with Crippen LogP contribution in [0.25, 0.3) is 0 Å². The first kappa shape index (κ1) is 13.7. The Labute approximate surface area is 115 Å². The van der Waals surface area contributed by atoms with E-state index >= 15 is 0 Å². The predicted molar refractivity (Wildman–Crippen MR) is 74.4 cm³/mol. The summed E-state index contributed by atoms with van der Waals surface area (Å²) in [4.78, 5) is 23.3. The van der Waals surface area contributed by atoms with Gasteiger partial charge in [0.1, 0.15) is 0 Å². The van der Waals surface area contributed by atoms with Gasteiger partial charge in [-0.25, -0.2) is 0 Å². The van der Waals surface area contributed by atoms with Crippen LogP contribution >= 0.6 is 0 Å². The molecule has 0 aliphatic heterocycles. The lowest BCUT2D eigenvalue weighted by Gasteiger charge is -2.10. The van der Waals surface area contributed by atoms with Gasteiger partial charge in [-0.2, -0.15) is 15.4 Å². The van der Waals surface area contributed by atoms with Gasteiger partial charge in [-0.3, -0.25) is 9.59 Å². The van der Waals surface area contributed by atoms with Gasteiger partial charge < -0.3 is 10.6 Å². The molecule has 0 saturated heterocycles. The number of nitrogens with zero attached hydrogens (tertiary/aromatic N) is 2. The number of H-pyrrole nitrogens is 1. The van der Waals surface area contributed by atoms with Crippen LogP contribution in [0.15, 0.2) is 24.4 Å². The van der Waals surface area contributed by atoms with Crippen LogP contribution < -0.4 is 10.6 Å². The lowest BCUT2D eigenvalue weighted by molar-refractivity contribution is -0.115. The van der Waals surface area contributed by atoms with Crippen molar-refractivity contribution in [3.8, 4) is 0 Å². The predicted octanol–water partition coefficient (Wildman–Crippen LogP) is 1.71. The first-order valence-corrected chi connectivity index (χ1v) is 6.17. The summed E-state index contributed by atoms with van der Waals surface area (Å²) in [6.45, 7) is 3.64. The van der Waals surface area contributed by atoms with Crippen LogP contribution in [0.5, 0.6) is 0 Å². The molecule has 7 heteroatoms. The number of aromatic amines is 1. The summed E-state index contributed by atoms with van der Waals surface area (Å²) in [5.41, 5.74) is 2.34. The highest BCUT2D eigenvalue weighted by Crippen LogP contribution is 2.21. The van der Waals surface area contributed by atoms with Crippen LogP contribution in [0.3, 0.4) is 0 Å². The molecule has 0 bridgehead atoms. The van der Waals surface area contributed by atoms with Gasteiger partial charge in [0.25, 0.3) is 5.91 Å². The second kappa shape index (κ2) is 5.96. The fourth-order valence-corrected chi connectivity index (χ4v) is 1.58. The first-order valence-electron chi connectivity index (χ1n) is 6.17. The smallest absolute Gasteiger partial charge is 0.277 e. The normalized spacial score (nSPS) is 10.1. The average Bonchev–Trinajstić information content (AvgIpc) is 2.96. The summed E-state index contributed by atoms with van der Waals surface area (Å²) in [7, 11) is 0. The molecule has 0 unspecified atom stereocenters. The molecule has 0 aliphatic rings. The maximum atomic E-state index is 11.9. The van der Waals surface area contributed by atoms with Crippen molar-refractivity contribution in [2.24, 2.45) is 0 Å². The third-order valence-electron chi connectivity index (χ3n) is 2.74. The number of carbonyl (C=O) groups is 2. The Morgan fingerprint density at radius 1 is 1.30 bits per heavy atom. The molecule has 2 rings (SSSR count). The van der Waals surface area contributed by atoms with Crippen molar-refractivity contribution in [3.05, 3.63) is 35.7 Å². The van der Waals surface area contributed by atoms with E-state index in [1.807, 2.05) is 13.0 Å². The Morgan fingerprint density at radius 2 is 2.10 bits per heavy atom. The van der Waals surface area contributed by atoms with Crippen LogP contribution in [0.1, 0.15) is 29.4 Å². The van der Waals surface area contributed by atoms with Crippen LogP contribution in [0, 0.1) is 6.92 Å². The molecule has 2 aromatic rings. The van der Waals surface area contributed by atoms with Crippen molar-refractivity contribution < 1.29 is 9.59 Å². The average molecular weight is 273 g/mol. The lowest BCUT2D eigenvalue weighted by Crippen LogP contribution is -2.14. The van der Waals surface area contributed by atoms with E-state index in [0.717, 1.165) is 5.56 Å². The van der Waals surface area contributed by atoms with Crippen molar-refractivity contribution in [2.45, 2.75) is 20.3 Å². The summed E-state index contributed by atoms with van der Waals surface area (Å²) in [5, 5.41) is 15.1. The van der Waals surface area contributed by atoms with E-state index in [1.54, 1.807) is 19.1 Å². The van der Waals surface area contributed by atoms with E-state index in [-0.39, 0.29) is 17.5 Å². The molecule has 7 nitrogen and oxygen atoms in total. The number of anilines is 2. The molecule has 0 atom stereocenters. The quantitative estimate of drug-likeness (QED) is 0.789. The number of nitrogens with one attached hydrogen (secondary N) is 3. The van der Waals surface area contributed by atoms with Crippen molar-refractivity contribution in [1.29, 1.82) is 0 Å². The van der Waals surface area contributed by atoms with Gasteiger partial charge in [-0.05, 0) is 24.6 Å². The molecule has 0 spiro atoms. The largest absolute Gasteiger partial charge is 0.326 e. The lowest BCUT2D eigenvalue weighted by atomic mass is 10.1. The SMILES string of the molecule is CCC(=O)Nc1ccc(C)c(NC(=O)c2cn[nH]n2)c1. The van der Waals surface area contributed by atoms with Crippen molar-refractivity contribution in [1.82, 2.24) is 15.4 Å². The van der Waals surface area contributed by atoms with E-state index in [2.05, 4.69) is 26.0 Å².